The van der Waals surface area contributed by atoms with E-state index in [9.17, 15) is 4.79 Å². The lowest BCUT2D eigenvalue weighted by Gasteiger charge is -2.09. The van der Waals surface area contributed by atoms with Gasteiger partial charge in [0.2, 0.25) is 0 Å². The minimum Gasteiger partial charge on any atom is -0.293 e. The molecule has 0 saturated heterocycles. The monoisotopic (exact) mass is 334 g/mol. The third-order valence-electron chi connectivity index (χ3n) is 3.27. The Labute approximate surface area is 120 Å². The predicted molar refractivity (Wildman–Crippen MR) is 75.4 cm³/mol. The van der Waals surface area contributed by atoms with Gasteiger partial charge in [-0.2, -0.15) is 0 Å². The number of ketones is 1. The van der Waals surface area contributed by atoms with E-state index in [1.807, 2.05) is 0 Å². The van der Waals surface area contributed by atoms with Gasteiger partial charge in [0, 0.05) is 5.56 Å². The number of carbonyl (C=O) groups is 1. The van der Waals surface area contributed by atoms with E-state index >= 15 is 0 Å². The fourth-order valence-corrected chi connectivity index (χ4v) is 2.97. The number of Topliss-reactive ketones (excluding diaryl/α,β-unsaturated/α-hetero) is 1. The van der Waals surface area contributed by atoms with Crippen LogP contribution < -0.4 is 0 Å². The minimum absolute atomic E-state index is 0.0858. The van der Waals surface area contributed by atoms with E-state index in [4.69, 9.17) is 23.2 Å². The topological polar surface area (TPSA) is 17.1 Å². The number of hydrogen-bond donors (Lipinski definition) is 0. The number of carbonyl (C=O) groups excluding carboxylic acids is 1. The molecule has 17 heavy (non-hydrogen) atoms. The van der Waals surface area contributed by atoms with Gasteiger partial charge in [-0.15, -0.1) is 0 Å². The zero-order valence-electron chi connectivity index (χ0n) is 9.42. The molecular weight excluding hydrogens is 323 g/mol. The van der Waals surface area contributed by atoms with Crippen LogP contribution in [0.25, 0.3) is 0 Å². The van der Waals surface area contributed by atoms with E-state index in [-0.39, 0.29) is 10.6 Å². The van der Waals surface area contributed by atoms with Crippen LogP contribution in [-0.2, 0) is 0 Å². The summed E-state index contributed by atoms with van der Waals surface area (Å²) in [6.45, 7) is 2.22. The van der Waals surface area contributed by atoms with Crippen LogP contribution in [0, 0.1) is 11.8 Å². The molecule has 0 aromatic heterocycles. The Kier molecular flexibility index (Phi) is 4.17. The van der Waals surface area contributed by atoms with E-state index in [0.29, 0.717) is 21.5 Å². The molecule has 1 saturated carbocycles. The Morgan fingerprint density at radius 3 is 2.65 bits per heavy atom. The van der Waals surface area contributed by atoms with Crippen molar-refractivity contribution in [1.82, 2.24) is 0 Å². The van der Waals surface area contributed by atoms with Crippen molar-refractivity contribution < 1.29 is 4.79 Å². The molecule has 0 radical (unpaired) electrons. The quantitative estimate of drug-likeness (QED) is 0.559. The summed E-state index contributed by atoms with van der Waals surface area (Å²) < 4.78 is 0. The molecule has 4 heteroatoms. The van der Waals surface area contributed by atoms with Crippen molar-refractivity contribution in [3.05, 3.63) is 33.8 Å². The van der Waals surface area contributed by atoms with Crippen LogP contribution >= 0.6 is 39.1 Å². The van der Waals surface area contributed by atoms with Crippen molar-refractivity contribution in [2.45, 2.75) is 24.6 Å². The molecule has 1 aliphatic rings. The third-order valence-corrected chi connectivity index (χ3v) is 4.80. The van der Waals surface area contributed by atoms with Gasteiger partial charge in [-0.3, -0.25) is 4.79 Å². The largest absolute Gasteiger partial charge is 0.293 e. The zero-order chi connectivity index (χ0) is 12.6. The normalized spacial score (nSPS) is 24.5. The van der Waals surface area contributed by atoms with Crippen LogP contribution in [0.1, 0.15) is 30.1 Å². The first-order valence-corrected chi connectivity index (χ1v) is 7.29. The number of rotatable bonds is 4. The molecule has 0 heterocycles. The molecule has 2 rings (SSSR count). The molecule has 0 N–H and O–H groups in total. The Morgan fingerprint density at radius 1 is 1.47 bits per heavy atom. The van der Waals surface area contributed by atoms with E-state index in [2.05, 4.69) is 22.9 Å². The van der Waals surface area contributed by atoms with Crippen molar-refractivity contribution in [1.29, 1.82) is 0 Å². The molecule has 0 aliphatic heterocycles. The van der Waals surface area contributed by atoms with Crippen LogP contribution in [0.3, 0.4) is 0 Å². The lowest BCUT2D eigenvalue weighted by Crippen LogP contribution is -2.15. The number of benzene rings is 1. The molecule has 1 aliphatic carbocycles. The van der Waals surface area contributed by atoms with Crippen LogP contribution in [0.15, 0.2) is 18.2 Å². The van der Waals surface area contributed by atoms with Crippen LogP contribution in [0.5, 0.6) is 0 Å². The summed E-state index contributed by atoms with van der Waals surface area (Å²) >= 11 is 15.2. The van der Waals surface area contributed by atoms with E-state index in [1.54, 1.807) is 18.2 Å². The van der Waals surface area contributed by atoms with Crippen LogP contribution in [-0.4, -0.2) is 10.6 Å². The lowest BCUT2D eigenvalue weighted by molar-refractivity contribution is 0.0986. The average Bonchev–Trinajstić information content (AvgIpc) is 2.97. The Morgan fingerprint density at radius 2 is 2.12 bits per heavy atom. The molecule has 1 aromatic carbocycles. The molecule has 0 amide bonds. The summed E-state index contributed by atoms with van der Waals surface area (Å²) in [5.41, 5.74) is 0.620. The van der Waals surface area contributed by atoms with Gasteiger partial charge >= 0.3 is 0 Å². The number of halogens is 3. The summed E-state index contributed by atoms with van der Waals surface area (Å²) in [5, 5.41) is 0.905. The summed E-state index contributed by atoms with van der Waals surface area (Å²) in [7, 11) is 0. The molecule has 1 fully saturated rings. The maximum Gasteiger partial charge on any atom is 0.176 e. The van der Waals surface area contributed by atoms with Crippen LogP contribution in [0.2, 0.25) is 10.0 Å². The van der Waals surface area contributed by atoms with Gasteiger partial charge in [-0.05, 0) is 42.9 Å². The van der Waals surface area contributed by atoms with Crippen LogP contribution in [0.4, 0.5) is 0 Å². The van der Waals surface area contributed by atoms with Gasteiger partial charge < -0.3 is 0 Å². The third kappa shape index (κ3) is 3.24. The lowest BCUT2D eigenvalue weighted by atomic mass is 10.0. The maximum absolute atomic E-state index is 12.1. The minimum atomic E-state index is -0.116. The van der Waals surface area contributed by atoms with Crippen molar-refractivity contribution >= 4 is 44.9 Å². The van der Waals surface area contributed by atoms with Gasteiger partial charge in [0.1, 0.15) is 0 Å². The number of hydrogen-bond acceptors (Lipinski definition) is 1. The first-order chi connectivity index (χ1) is 7.99. The highest BCUT2D eigenvalue weighted by atomic mass is 79.9. The van der Waals surface area contributed by atoms with Gasteiger partial charge in [-0.1, -0.05) is 46.1 Å². The smallest absolute Gasteiger partial charge is 0.176 e. The molecule has 1 nitrogen and oxygen atoms in total. The Balaban J connectivity index is 2.05. The standard InChI is InChI=1S/C13H13BrCl2O/c1-7-4-9(7)5-10(14)13(17)8-2-3-11(15)12(16)6-8/h2-3,6-7,9-10H,4-5H2,1H3/t7-,9?,10?/m0/s1. The van der Waals surface area contributed by atoms with Gasteiger partial charge in [0.15, 0.2) is 5.78 Å². The highest BCUT2D eigenvalue weighted by Crippen LogP contribution is 2.42. The molecular formula is C13H13BrCl2O. The molecule has 92 valence electrons. The fourth-order valence-electron chi connectivity index (χ4n) is 1.93. The average molecular weight is 336 g/mol. The predicted octanol–water partition coefficient (Wildman–Crippen LogP) is 4.99. The summed E-state index contributed by atoms with van der Waals surface area (Å²) in [6, 6.07) is 5.02. The highest BCUT2D eigenvalue weighted by Gasteiger charge is 2.35. The van der Waals surface area contributed by atoms with E-state index < -0.39 is 0 Å². The van der Waals surface area contributed by atoms with Gasteiger partial charge in [0.25, 0.3) is 0 Å². The maximum atomic E-state index is 12.1. The van der Waals surface area contributed by atoms with Crippen molar-refractivity contribution in [3.63, 3.8) is 0 Å². The Bertz CT molecular complexity index is 447. The highest BCUT2D eigenvalue weighted by molar-refractivity contribution is 9.10. The first kappa shape index (κ1) is 13.4. The molecule has 0 spiro atoms. The molecule has 1 aromatic rings. The second-order valence-electron chi connectivity index (χ2n) is 4.67. The molecule has 3 atom stereocenters. The zero-order valence-corrected chi connectivity index (χ0v) is 12.5. The summed E-state index contributed by atoms with van der Waals surface area (Å²) in [5.74, 6) is 1.53. The summed E-state index contributed by atoms with van der Waals surface area (Å²) in [6.07, 6.45) is 2.14. The van der Waals surface area contributed by atoms with E-state index in [1.165, 1.54) is 6.42 Å². The fraction of sp³-hybridized carbons (Fsp3) is 0.462. The van der Waals surface area contributed by atoms with Crippen molar-refractivity contribution in [2.75, 3.05) is 0 Å². The molecule has 0 bridgehead atoms. The SMILES string of the molecule is C[C@H]1CC1CC(Br)C(=O)c1ccc(Cl)c(Cl)c1. The Hall–Kier alpha value is -0.0500. The summed E-state index contributed by atoms with van der Waals surface area (Å²) in [4.78, 5) is 12.0. The van der Waals surface area contributed by atoms with Crippen molar-refractivity contribution in [3.8, 4) is 0 Å². The molecule has 2 unspecified atom stereocenters. The van der Waals surface area contributed by atoms with Gasteiger partial charge in [-0.25, -0.2) is 0 Å². The first-order valence-electron chi connectivity index (χ1n) is 5.62. The van der Waals surface area contributed by atoms with Crippen molar-refractivity contribution in [2.24, 2.45) is 11.8 Å². The number of alkyl halides is 1. The van der Waals surface area contributed by atoms with Gasteiger partial charge in [0.05, 0.1) is 14.9 Å². The van der Waals surface area contributed by atoms with E-state index in [0.717, 1.165) is 12.3 Å². The second-order valence-corrected chi connectivity index (χ2v) is 6.59. The second kappa shape index (κ2) is 5.29.